The molecule has 0 amide bonds. The van der Waals surface area contributed by atoms with Gasteiger partial charge in [0.2, 0.25) is 0 Å². The van der Waals surface area contributed by atoms with E-state index in [0.717, 1.165) is 54.8 Å². The summed E-state index contributed by atoms with van der Waals surface area (Å²) in [5.74, 6) is 0.859. The minimum Gasteiger partial charge on any atom is -0.381 e. The first-order valence-corrected chi connectivity index (χ1v) is 8.35. The van der Waals surface area contributed by atoms with Gasteiger partial charge in [0.25, 0.3) is 0 Å². The molecule has 5 heteroatoms. The summed E-state index contributed by atoms with van der Waals surface area (Å²) < 4.78 is 5.58. The molecule has 1 aliphatic rings. The molecule has 2 heterocycles. The highest BCUT2D eigenvalue weighted by Gasteiger charge is 2.34. The maximum Gasteiger partial charge on any atom is 0.147 e. The number of benzene rings is 1. The van der Waals surface area contributed by atoms with Crippen molar-refractivity contribution in [3.8, 4) is 0 Å². The molecule has 0 unspecified atom stereocenters. The number of hydrogen-bond donors (Lipinski definition) is 1. The second kappa shape index (κ2) is 6.85. The van der Waals surface area contributed by atoms with Crippen molar-refractivity contribution >= 4 is 17.4 Å². The summed E-state index contributed by atoms with van der Waals surface area (Å²) >= 11 is 6.22. The van der Waals surface area contributed by atoms with Gasteiger partial charge in [-0.2, -0.15) is 0 Å². The molecule has 0 atom stereocenters. The molecule has 0 radical (unpaired) electrons. The minimum absolute atomic E-state index is 0.0149. The summed E-state index contributed by atoms with van der Waals surface area (Å²) in [5, 5.41) is 4.29. The molecule has 1 N–H and O–H groups in total. The number of anilines is 1. The van der Waals surface area contributed by atoms with Crippen LogP contribution in [-0.2, 0) is 10.2 Å². The fraction of sp³-hybridized carbons (Fsp3) is 0.444. The minimum atomic E-state index is 0.0149. The molecule has 1 saturated heterocycles. The molecular weight excluding hydrogens is 310 g/mol. The first kappa shape index (κ1) is 16.2. The lowest BCUT2D eigenvalue weighted by Crippen LogP contribution is -2.40. The average Bonchev–Trinajstić information content (AvgIpc) is 2.56. The predicted molar refractivity (Wildman–Crippen MR) is 93.2 cm³/mol. The Labute approximate surface area is 142 Å². The molecule has 4 nitrogen and oxygen atoms in total. The highest BCUT2D eigenvalue weighted by Crippen LogP contribution is 2.36. The van der Waals surface area contributed by atoms with Crippen molar-refractivity contribution in [2.24, 2.45) is 0 Å². The van der Waals surface area contributed by atoms with E-state index in [0.29, 0.717) is 0 Å². The second-order valence-corrected chi connectivity index (χ2v) is 6.64. The van der Waals surface area contributed by atoms with Crippen LogP contribution in [0, 0.1) is 13.8 Å². The van der Waals surface area contributed by atoms with Gasteiger partial charge in [0, 0.05) is 36.4 Å². The number of halogens is 1. The molecule has 0 spiro atoms. The van der Waals surface area contributed by atoms with E-state index < -0.39 is 0 Å². The number of rotatable bonds is 4. The van der Waals surface area contributed by atoms with Crippen LogP contribution in [-0.4, -0.2) is 29.7 Å². The normalized spacial score (nSPS) is 17.0. The molecule has 0 aliphatic carbocycles. The van der Waals surface area contributed by atoms with Crippen LogP contribution in [0.5, 0.6) is 0 Å². The Kier molecular flexibility index (Phi) is 4.83. The molecule has 1 aromatic heterocycles. The molecule has 1 aromatic carbocycles. The Morgan fingerprint density at radius 3 is 2.78 bits per heavy atom. The van der Waals surface area contributed by atoms with Gasteiger partial charge in [0.15, 0.2) is 0 Å². The van der Waals surface area contributed by atoms with E-state index in [1.807, 2.05) is 26.0 Å². The van der Waals surface area contributed by atoms with Gasteiger partial charge in [0.05, 0.1) is 11.4 Å². The third-order valence-electron chi connectivity index (χ3n) is 4.56. The topological polar surface area (TPSA) is 47.0 Å². The zero-order valence-corrected chi connectivity index (χ0v) is 14.4. The van der Waals surface area contributed by atoms with Crippen LogP contribution >= 0.6 is 11.6 Å². The molecule has 3 rings (SSSR count). The quantitative estimate of drug-likeness (QED) is 0.922. The SMILES string of the molecule is Cc1cnc(C)c(NCC2(c3cccc(Cl)c3)CCOCC2)n1. The zero-order chi connectivity index (χ0) is 16.3. The van der Waals surface area contributed by atoms with Gasteiger partial charge >= 0.3 is 0 Å². The molecule has 1 fully saturated rings. The van der Waals surface area contributed by atoms with Crippen LogP contribution in [0.4, 0.5) is 5.82 Å². The number of ether oxygens (including phenoxy) is 1. The van der Waals surface area contributed by atoms with Crippen molar-refractivity contribution in [2.45, 2.75) is 32.1 Å². The lowest BCUT2D eigenvalue weighted by atomic mass is 9.74. The van der Waals surface area contributed by atoms with Crippen LogP contribution in [0.2, 0.25) is 5.02 Å². The largest absolute Gasteiger partial charge is 0.381 e. The van der Waals surface area contributed by atoms with E-state index >= 15 is 0 Å². The Hall–Kier alpha value is -1.65. The summed E-state index contributed by atoms with van der Waals surface area (Å²) in [7, 11) is 0. The first-order valence-electron chi connectivity index (χ1n) is 7.97. The van der Waals surface area contributed by atoms with Gasteiger partial charge in [-0.15, -0.1) is 0 Å². The Bertz CT molecular complexity index is 684. The van der Waals surface area contributed by atoms with Gasteiger partial charge in [-0.1, -0.05) is 23.7 Å². The number of hydrogen-bond acceptors (Lipinski definition) is 4. The van der Waals surface area contributed by atoms with Crippen molar-refractivity contribution in [3.05, 3.63) is 52.4 Å². The number of nitrogens with one attached hydrogen (secondary N) is 1. The van der Waals surface area contributed by atoms with Gasteiger partial charge in [-0.05, 0) is 44.4 Å². The fourth-order valence-electron chi connectivity index (χ4n) is 3.11. The van der Waals surface area contributed by atoms with Crippen LogP contribution < -0.4 is 5.32 Å². The third-order valence-corrected chi connectivity index (χ3v) is 4.79. The van der Waals surface area contributed by atoms with Gasteiger partial charge in [0.1, 0.15) is 5.82 Å². The van der Waals surface area contributed by atoms with Gasteiger partial charge in [-0.3, -0.25) is 4.98 Å². The summed E-state index contributed by atoms with van der Waals surface area (Å²) in [6.07, 6.45) is 3.74. The van der Waals surface area contributed by atoms with E-state index in [9.17, 15) is 0 Å². The Morgan fingerprint density at radius 2 is 2.04 bits per heavy atom. The molecule has 122 valence electrons. The van der Waals surface area contributed by atoms with Crippen LogP contribution in [0.25, 0.3) is 0 Å². The highest BCUT2D eigenvalue weighted by atomic mass is 35.5. The van der Waals surface area contributed by atoms with E-state index in [-0.39, 0.29) is 5.41 Å². The summed E-state index contributed by atoms with van der Waals surface area (Å²) in [6.45, 7) is 6.28. The monoisotopic (exact) mass is 331 g/mol. The number of aromatic nitrogens is 2. The third kappa shape index (κ3) is 3.65. The van der Waals surface area contributed by atoms with E-state index in [1.54, 1.807) is 6.20 Å². The van der Waals surface area contributed by atoms with Crippen LogP contribution in [0.1, 0.15) is 29.8 Å². The molecule has 1 aliphatic heterocycles. The first-order chi connectivity index (χ1) is 11.1. The standard InChI is InChI=1S/C18H22ClN3O/c1-13-11-20-14(2)17(22-13)21-12-18(6-8-23-9-7-18)15-4-3-5-16(19)10-15/h3-5,10-11H,6-9,12H2,1-2H3,(H,21,22). The van der Waals surface area contributed by atoms with Crippen molar-refractivity contribution in [2.75, 3.05) is 25.1 Å². The van der Waals surface area contributed by atoms with Crippen LogP contribution in [0.3, 0.4) is 0 Å². The molecule has 2 aromatic rings. The second-order valence-electron chi connectivity index (χ2n) is 6.20. The van der Waals surface area contributed by atoms with Gasteiger partial charge < -0.3 is 10.1 Å². The number of aryl methyl sites for hydroxylation is 2. The Balaban J connectivity index is 1.86. The van der Waals surface area contributed by atoms with E-state index in [2.05, 4.69) is 27.4 Å². The highest BCUT2D eigenvalue weighted by molar-refractivity contribution is 6.30. The van der Waals surface area contributed by atoms with E-state index in [1.165, 1.54) is 5.56 Å². The number of nitrogens with zero attached hydrogens (tertiary/aromatic N) is 2. The zero-order valence-electron chi connectivity index (χ0n) is 13.6. The maximum atomic E-state index is 6.22. The van der Waals surface area contributed by atoms with Crippen LogP contribution in [0.15, 0.2) is 30.5 Å². The molecule has 0 saturated carbocycles. The van der Waals surface area contributed by atoms with E-state index in [4.69, 9.17) is 16.3 Å². The Morgan fingerprint density at radius 1 is 1.26 bits per heavy atom. The molecular formula is C18H22ClN3O. The average molecular weight is 332 g/mol. The van der Waals surface area contributed by atoms with Gasteiger partial charge in [-0.25, -0.2) is 4.98 Å². The lowest BCUT2D eigenvalue weighted by Gasteiger charge is -2.38. The molecule has 23 heavy (non-hydrogen) atoms. The summed E-state index contributed by atoms with van der Waals surface area (Å²) in [4.78, 5) is 8.95. The van der Waals surface area contributed by atoms with Crippen molar-refractivity contribution in [3.63, 3.8) is 0 Å². The van der Waals surface area contributed by atoms with Crippen molar-refractivity contribution in [1.82, 2.24) is 9.97 Å². The van der Waals surface area contributed by atoms with Crippen molar-refractivity contribution in [1.29, 1.82) is 0 Å². The van der Waals surface area contributed by atoms with Crippen molar-refractivity contribution < 1.29 is 4.74 Å². The predicted octanol–water partition coefficient (Wildman–Crippen LogP) is 3.91. The summed E-state index contributed by atoms with van der Waals surface area (Å²) in [5.41, 5.74) is 3.12. The lowest BCUT2D eigenvalue weighted by molar-refractivity contribution is 0.0543. The summed E-state index contributed by atoms with van der Waals surface area (Å²) in [6, 6.07) is 8.17. The molecule has 0 bridgehead atoms. The fourth-order valence-corrected chi connectivity index (χ4v) is 3.30. The smallest absolute Gasteiger partial charge is 0.147 e. The maximum absolute atomic E-state index is 6.22.